The predicted octanol–water partition coefficient (Wildman–Crippen LogP) is 4.02. The number of benzene rings is 1. The highest BCUT2D eigenvalue weighted by atomic mass is 32.5. The second-order valence-electron chi connectivity index (χ2n) is 5.55. The lowest BCUT2D eigenvalue weighted by Gasteiger charge is -2.23. The predicted molar refractivity (Wildman–Crippen MR) is 86.6 cm³/mol. The second-order valence-corrected chi connectivity index (χ2v) is 9.51. The van der Waals surface area contributed by atoms with Crippen molar-refractivity contribution in [3.05, 3.63) is 23.3 Å². The van der Waals surface area contributed by atoms with Gasteiger partial charge in [0.05, 0.1) is 18.2 Å². The van der Waals surface area contributed by atoms with Crippen LogP contribution in [0.25, 0.3) is 0 Å². The first-order valence-electron chi connectivity index (χ1n) is 7.01. The number of hydrogen-bond acceptors (Lipinski definition) is 5. The van der Waals surface area contributed by atoms with E-state index in [1.165, 1.54) is 0 Å². The van der Waals surface area contributed by atoms with Gasteiger partial charge in [-0.05, 0) is 38.6 Å². The lowest BCUT2D eigenvalue weighted by Crippen LogP contribution is -2.24. The Kier molecular flexibility index (Phi) is 4.63. The van der Waals surface area contributed by atoms with Gasteiger partial charge in [-0.25, -0.2) is 0 Å². The Morgan fingerprint density at radius 3 is 2.71 bits per heavy atom. The van der Waals surface area contributed by atoms with E-state index in [0.29, 0.717) is 29.8 Å². The normalized spacial score (nSPS) is 18.2. The number of fused-ring (bicyclic) bond motifs is 1. The first-order chi connectivity index (χ1) is 9.82. The Hall–Kier alpha value is -1.08. The summed E-state index contributed by atoms with van der Waals surface area (Å²) in [6, 6.07) is 5.71. The molecule has 1 heterocycles. The molecule has 1 aliphatic rings. The van der Waals surface area contributed by atoms with Crippen molar-refractivity contribution in [2.45, 2.75) is 39.7 Å². The van der Waals surface area contributed by atoms with E-state index in [0.717, 1.165) is 12.0 Å². The third-order valence-corrected chi connectivity index (χ3v) is 6.42. The van der Waals surface area contributed by atoms with E-state index in [-0.39, 0.29) is 5.60 Å². The van der Waals surface area contributed by atoms with Gasteiger partial charge in [0.25, 0.3) is 0 Å². The second kappa shape index (κ2) is 5.96. The number of nitrogens with zero attached hydrogens (tertiary/aromatic N) is 1. The Morgan fingerprint density at radius 2 is 2.14 bits per heavy atom. The van der Waals surface area contributed by atoms with E-state index >= 15 is 0 Å². The molecule has 0 bridgehead atoms. The van der Waals surface area contributed by atoms with Crippen molar-refractivity contribution >= 4 is 18.3 Å². The molecule has 4 nitrogen and oxygen atoms in total. The van der Waals surface area contributed by atoms with Gasteiger partial charge in [-0.15, -0.1) is 0 Å². The molecule has 0 saturated carbocycles. The van der Waals surface area contributed by atoms with E-state index in [9.17, 15) is 5.26 Å². The zero-order valence-corrected chi connectivity index (χ0v) is 14.5. The van der Waals surface area contributed by atoms with Gasteiger partial charge in [0.2, 0.25) is 6.49 Å². The van der Waals surface area contributed by atoms with Gasteiger partial charge in [-0.1, -0.05) is 6.92 Å². The van der Waals surface area contributed by atoms with Crippen LogP contribution in [0.5, 0.6) is 11.5 Å². The first kappa shape index (κ1) is 16.3. The third kappa shape index (κ3) is 3.58. The van der Waals surface area contributed by atoms with Crippen molar-refractivity contribution in [2.75, 3.05) is 12.8 Å². The van der Waals surface area contributed by atoms with Gasteiger partial charge in [0.15, 0.2) is 11.5 Å². The van der Waals surface area contributed by atoms with Crippen molar-refractivity contribution in [1.82, 2.24) is 0 Å². The average Bonchev–Trinajstić information content (AvgIpc) is 2.73. The van der Waals surface area contributed by atoms with Crippen molar-refractivity contribution < 1.29 is 13.8 Å². The van der Waals surface area contributed by atoms with Gasteiger partial charge in [0.1, 0.15) is 5.60 Å². The van der Waals surface area contributed by atoms with Gasteiger partial charge < -0.3 is 13.8 Å². The standard InChI is InChI=1S/C15H20NO3PS/c1-5-17-20(21,6-2)19-13-8-11(10-16)7-12-9-15(3,4)18-14(12)13/h7-8H,5-6,9H2,1-4H3. The summed E-state index contributed by atoms with van der Waals surface area (Å²) in [5, 5.41) is 9.19. The van der Waals surface area contributed by atoms with Crippen LogP contribution in [0.2, 0.25) is 0 Å². The maximum Gasteiger partial charge on any atom is 0.238 e. The fourth-order valence-electron chi connectivity index (χ4n) is 2.34. The minimum atomic E-state index is -2.38. The van der Waals surface area contributed by atoms with Crippen LogP contribution in [-0.4, -0.2) is 18.4 Å². The molecule has 6 heteroatoms. The summed E-state index contributed by atoms with van der Waals surface area (Å²) < 4.78 is 17.6. The molecule has 0 N–H and O–H groups in total. The molecular formula is C15H20NO3PS. The van der Waals surface area contributed by atoms with E-state index in [2.05, 4.69) is 6.07 Å². The molecule has 1 unspecified atom stereocenters. The number of nitriles is 1. The molecule has 1 aromatic rings. The Bertz CT molecular complexity index is 637. The fourth-order valence-corrected chi connectivity index (χ4v) is 4.09. The molecule has 0 aromatic heterocycles. The van der Waals surface area contributed by atoms with Gasteiger partial charge in [-0.3, -0.25) is 0 Å². The monoisotopic (exact) mass is 325 g/mol. The summed E-state index contributed by atoms with van der Waals surface area (Å²) in [7, 11) is 0. The van der Waals surface area contributed by atoms with E-state index in [1.807, 2.05) is 33.8 Å². The first-order valence-corrected chi connectivity index (χ1v) is 9.84. The van der Waals surface area contributed by atoms with Gasteiger partial charge >= 0.3 is 0 Å². The third-order valence-electron chi connectivity index (χ3n) is 3.21. The Balaban J connectivity index is 2.43. The summed E-state index contributed by atoms with van der Waals surface area (Å²) in [6.45, 7) is 6.01. The molecule has 1 aromatic carbocycles. The smallest absolute Gasteiger partial charge is 0.238 e. The molecule has 0 aliphatic carbocycles. The summed E-state index contributed by atoms with van der Waals surface area (Å²) >= 11 is 5.52. The maximum absolute atomic E-state index is 9.19. The highest BCUT2D eigenvalue weighted by Gasteiger charge is 2.34. The van der Waals surface area contributed by atoms with Gasteiger partial charge in [0, 0.05) is 24.2 Å². The van der Waals surface area contributed by atoms with Crippen LogP contribution in [0.4, 0.5) is 0 Å². The van der Waals surface area contributed by atoms with Gasteiger partial charge in [-0.2, -0.15) is 5.26 Å². The van der Waals surface area contributed by atoms with Crippen LogP contribution in [0.3, 0.4) is 0 Å². The number of hydrogen-bond donors (Lipinski definition) is 0. The summed E-state index contributed by atoms with van der Waals surface area (Å²) in [5.41, 5.74) is 1.25. The highest BCUT2D eigenvalue weighted by molar-refractivity contribution is 8.10. The van der Waals surface area contributed by atoms with E-state index < -0.39 is 6.49 Å². The highest BCUT2D eigenvalue weighted by Crippen LogP contribution is 2.53. The van der Waals surface area contributed by atoms with Crippen molar-refractivity contribution in [3.63, 3.8) is 0 Å². The lowest BCUT2D eigenvalue weighted by molar-refractivity contribution is 0.135. The van der Waals surface area contributed by atoms with E-state index in [1.54, 1.807) is 6.07 Å². The topological polar surface area (TPSA) is 51.5 Å². The summed E-state index contributed by atoms with van der Waals surface area (Å²) in [6.07, 6.45) is 1.38. The number of rotatable bonds is 5. The quantitative estimate of drug-likeness (QED) is 0.765. The Morgan fingerprint density at radius 1 is 1.43 bits per heavy atom. The number of ether oxygens (including phenoxy) is 1. The molecule has 2 rings (SSSR count). The minimum absolute atomic E-state index is 0.297. The van der Waals surface area contributed by atoms with Crippen molar-refractivity contribution in [3.8, 4) is 17.6 Å². The van der Waals surface area contributed by atoms with Crippen LogP contribution in [0.1, 0.15) is 38.8 Å². The van der Waals surface area contributed by atoms with Crippen LogP contribution in [0, 0.1) is 11.3 Å². The lowest BCUT2D eigenvalue weighted by atomic mass is 10.0. The largest absolute Gasteiger partial charge is 0.483 e. The molecule has 0 spiro atoms. The van der Waals surface area contributed by atoms with Crippen molar-refractivity contribution in [1.29, 1.82) is 5.26 Å². The van der Waals surface area contributed by atoms with Crippen LogP contribution in [0.15, 0.2) is 12.1 Å². The van der Waals surface area contributed by atoms with Crippen molar-refractivity contribution in [2.24, 2.45) is 0 Å². The van der Waals surface area contributed by atoms with Crippen LogP contribution >= 0.6 is 6.49 Å². The zero-order chi connectivity index (χ0) is 15.7. The zero-order valence-electron chi connectivity index (χ0n) is 12.8. The molecule has 114 valence electrons. The summed E-state index contributed by atoms with van der Waals surface area (Å²) in [4.78, 5) is 0. The minimum Gasteiger partial charge on any atom is -0.483 e. The maximum atomic E-state index is 9.19. The molecule has 0 fully saturated rings. The molecular weight excluding hydrogens is 305 g/mol. The molecule has 0 saturated heterocycles. The fraction of sp³-hybridized carbons (Fsp3) is 0.533. The van der Waals surface area contributed by atoms with E-state index in [4.69, 9.17) is 25.6 Å². The van der Waals surface area contributed by atoms with Crippen LogP contribution in [-0.2, 0) is 22.8 Å². The molecule has 0 radical (unpaired) electrons. The summed E-state index contributed by atoms with van der Waals surface area (Å²) in [5.74, 6) is 1.23. The average molecular weight is 325 g/mol. The molecule has 1 aliphatic heterocycles. The van der Waals surface area contributed by atoms with Crippen LogP contribution < -0.4 is 9.26 Å². The molecule has 1 atom stereocenters. The SMILES string of the molecule is CCOP(=S)(CC)Oc1cc(C#N)cc2c1OC(C)(C)C2. The Labute approximate surface area is 131 Å². The molecule has 0 amide bonds. The molecule has 21 heavy (non-hydrogen) atoms.